The van der Waals surface area contributed by atoms with Crippen LogP contribution in [-0.4, -0.2) is 29.7 Å². The highest BCUT2D eigenvalue weighted by Crippen LogP contribution is 2.23. The van der Waals surface area contributed by atoms with Gasteiger partial charge < -0.3 is 14.8 Å². The van der Waals surface area contributed by atoms with Gasteiger partial charge in [0.25, 0.3) is 0 Å². The van der Waals surface area contributed by atoms with Gasteiger partial charge in [-0.15, -0.1) is 0 Å². The normalized spacial score (nSPS) is 11.1. The van der Waals surface area contributed by atoms with Gasteiger partial charge in [-0.25, -0.2) is 0 Å². The molecule has 96 valence electrons. The van der Waals surface area contributed by atoms with Crippen molar-refractivity contribution >= 4 is 5.95 Å². The minimum Gasteiger partial charge on any atom is -0.481 e. The van der Waals surface area contributed by atoms with Crippen molar-refractivity contribution in [1.29, 1.82) is 0 Å². The van der Waals surface area contributed by atoms with Crippen LogP contribution in [0.4, 0.5) is 5.95 Å². The molecule has 1 rings (SSSR count). The van der Waals surface area contributed by atoms with Crippen LogP contribution in [0.3, 0.4) is 0 Å². The fraction of sp³-hybridized carbons (Fsp3) is 0.667. The summed E-state index contributed by atoms with van der Waals surface area (Å²) in [5, 5.41) is 3.32. The Balaban J connectivity index is 2.97. The number of ether oxygens (including phenoxy) is 2. The Bertz CT molecular complexity index is 343. The topological polar surface area (TPSA) is 56.3 Å². The van der Waals surface area contributed by atoms with Gasteiger partial charge in [-0.1, -0.05) is 13.8 Å². The molecule has 0 saturated carbocycles. The van der Waals surface area contributed by atoms with Gasteiger partial charge in [-0.3, -0.25) is 0 Å². The maximum Gasteiger partial charge on any atom is 0.229 e. The smallest absolute Gasteiger partial charge is 0.229 e. The Labute approximate surface area is 103 Å². The number of rotatable bonds is 6. The van der Waals surface area contributed by atoms with E-state index < -0.39 is 0 Å². The molecule has 0 aliphatic heterocycles. The lowest BCUT2D eigenvalue weighted by Crippen LogP contribution is -2.33. The molecular weight excluding hydrogens is 218 g/mol. The van der Waals surface area contributed by atoms with Gasteiger partial charge in [-0.2, -0.15) is 9.97 Å². The third kappa shape index (κ3) is 3.47. The molecule has 0 aliphatic rings. The summed E-state index contributed by atoms with van der Waals surface area (Å²) >= 11 is 0. The van der Waals surface area contributed by atoms with Gasteiger partial charge >= 0.3 is 0 Å². The molecule has 1 N–H and O–H groups in total. The van der Waals surface area contributed by atoms with Gasteiger partial charge in [0.2, 0.25) is 17.7 Å². The van der Waals surface area contributed by atoms with Crippen molar-refractivity contribution in [3.8, 4) is 11.8 Å². The number of hydrogen-bond acceptors (Lipinski definition) is 5. The molecule has 0 saturated heterocycles. The molecule has 1 aromatic rings. The van der Waals surface area contributed by atoms with Crippen LogP contribution in [0, 0.1) is 0 Å². The molecule has 0 aromatic carbocycles. The van der Waals surface area contributed by atoms with Crippen LogP contribution in [-0.2, 0) is 0 Å². The van der Waals surface area contributed by atoms with Crippen molar-refractivity contribution < 1.29 is 9.47 Å². The predicted octanol–water partition coefficient (Wildman–Crippen LogP) is 2.48. The first-order valence-electron chi connectivity index (χ1n) is 5.82. The Morgan fingerprint density at radius 1 is 1.12 bits per heavy atom. The molecular formula is C12H21N3O2. The molecule has 0 aliphatic carbocycles. The van der Waals surface area contributed by atoms with Crippen LogP contribution in [0.25, 0.3) is 0 Å². The average molecular weight is 239 g/mol. The summed E-state index contributed by atoms with van der Waals surface area (Å²) in [4.78, 5) is 8.51. The molecule has 0 atom stereocenters. The minimum atomic E-state index is -0.0165. The van der Waals surface area contributed by atoms with Gasteiger partial charge in [0.05, 0.1) is 20.3 Å². The zero-order valence-corrected chi connectivity index (χ0v) is 11.2. The standard InChI is InChI=1S/C12H21N3O2/c1-6-12(3,7-2)15-11-13-9(16-4)8-10(14-11)17-5/h8H,6-7H2,1-5H3,(H,13,14,15). The minimum absolute atomic E-state index is 0.0165. The first-order valence-corrected chi connectivity index (χ1v) is 5.82. The molecule has 0 amide bonds. The monoisotopic (exact) mass is 239 g/mol. The highest BCUT2D eigenvalue weighted by atomic mass is 16.5. The second kappa shape index (κ2) is 5.70. The molecule has 0 spiro atoms. The number of anilines is 1. The SMILES string of the molecule is CCC(C)(CC)Nc1nc(OC)cc(OC)n1. The Kier molecular flexibility index (Phi) is 4.54. The van der Waals surface area contributed by atoms with E-state index in [4.69, 9.17) is 9.47 Å². The maximum atomic E-state index is 5.11. The van der Waals surface area contributed by atoms with Gasteiger partial charge in [0.15, 0.2) is 0 Å². The Morgan fingerprint density at radius 2 is 1.59 bits per heavy atom. The second-order valence-corrected chi connectivity index (χ2v) is 4.17. The van der Waals surface area contributed by atoms with Crippen molar-refractivity contribution in [3.05, 3.63) is 6.07 Å². The number of aromatic nitrogens is 2. The molecule has 5 heteroatoms. The molecule has 0 unspecified atom stereocenters. The van der Waals surface area contributed by atoms with Gasteiger partial charge in [-0.05, 0) is 19.8 Å². The average Bonchev–Trinajstić information content (AvgIpc) is 2.37. The van der Waals surface area contributed by atoms with Crippen LogP contribution < -0.4 is 14.8 Å². The summed E-state index contributed by atoms with van der Waals surface area (Å²) < 4.78 is 10.2. The molecule has 5 nitrogen and oxygen atoms in total. The number of hydrogen-bond donors (Lipinski definition) is 1. The summed E-state index contributed by atoms with van der Waals surface area (Å²) in [6.45, 7) is 6.41. The van der Waals surface area contributed by atoms with Crippen molar-refractivity contribution in [3.63, 3.8) is 0 Å². The van der Waals surface area contributed by atoms with E-state index in [2.05, 4.69) is 36.1 Å². The third-order valence-corrected chi connectivity index (χ3v) is 3.07. The quantitative estimate of drug-likeness (QED) is 0.826. The zero-order valence-electron chi connectivity index (χ0n) is 11.2. The van der Waals surface area contributed by atoms with E-state index >= 15 is 0 Å². The number of methoxy groups -OCH3 is 2. The molecule has 1 aromatic heterocycles. The summed E-state index contributed by atoms with van der Waals surface area (Å²) in [7, 11) is 3.15. The molecule has 1 heterocycles. The van der Waals surface area contributed by atoms with Crippen molar-refractivity contribution in [2.75, 3.05) is 19.5 Å². The lowest BCUT2D eigenvalue weighted by molar-refractivity contribution is 0.371. The molecule has 17 heavy (non-hydrogen) atoms. The number of nitrogens with zero attached hydrogens (tertiary/aromatic N) is 2. The highest BCUT2D eigenvalue weighted by Gasteiger charge is 2.21. The fourth-order valence-corrected chi connectivity index (χ4v) is 1.37. The van der Waals surface area contributed by atoms with Gasteiger partial charge in [0, 0.05) is 5.54 Å². The summed E-state index contributed by atoms with van der Waals surface area (Å²) in [5.41, 5.74) is -0.0165. The summed E-state index contributed by atoms with van der Waals surface area (Å²) in [6, 6.07) is 1.65. The largest absolute Gasteiger partial charge is 0.481 e. The maximum absolute atomic E-state index is 5.11. The van der Waals surface area contributed by atoms with E-state index in [1.165, 1.54) is 0 Å². The van der Waals surface area contributed by atoms with Crippen LogP contribution in [0.5, 0.6) is 11.8 Å². The van der Waals surface area contributed by atoms with Crippen molar-refractivity contribution in [2.45, 2.75) is 39.2 Å². The van der Waals surface area contributed by atoms with Crippen LogP contribution in [0.2, 0.25) is 0 Å². The summed E-state index contributed by atoms with van der Waals surface area (Å²) in [5.74, 6) is 1.52. The van der Waals surface area contributed by atoms with Gasteiger partial charge in [0.1, 0.15) is 0 Å². The molecule has 0 bridgehead atoms. The van der Waals surface area contributed by atoms with Crippen molar-refractivity contribution in [2.24, 2.45) is 0 Å². The Hall–Kier alpha value is -1.52. The number of nitrogens with one attached hydrogen (secondary N) is 1. The van der Waals surface area contributed by atoms with E-state index in [1.807, 2.05) is 0 Å². The van der Waals surface area contributed by atoms with E-state index in [1.54, 1.807) is 20.3 Å². The first-order chi connectivity index (χ1) is 8.06. The van der Waals surface area contributed by atoms with E-state index in [-0.39, 0.29) is 5.54 Å². The van der Waals surface area contributed by atoms with Crippen LogP contribution in [0.1, 0.15) is 33.6 Å². The van der Waals surface area contributed by atoms with Crippen molar-refractivity contribution in [1.82, 2.24) is 9.97 Å². The fourth-order valence-electron chi connectivity index (χ4n) is 1.37. The molecule has 0 radical (unpaired) electrons. The van der Waals surface area contributed by atoms with E-state index in [9.17, 15) is 0 Å². The van der Waals surface area contributed by atoms with Crippen LogP contribution in [0.15, 0.2) is 6.07 Å². The lowest BCUT2D eigenvalue weighted by atomic mass is 9.96. The third-order valence-electron chi connectivity index (χ3n) is 3.07. The Morgan fingerprint density at radius 3 is 1.94 bits per heavy atom. The molecule has 0 fully saturated rings. The lowest BCUT2D eigenvalue weighted by Gasteiger charge is -2.28. The van der Waals surface area contributed by atoms with E-state index in [0.29, 0.717) is 17.7 Å². The van der Waals surface area contributed by atoms with Crippen LogP contribution >= 0.6 is 0 Å². The predicted molar refractivity (Wildman–Crippen MR) is 67.7 cm³/mol. The second-order valence-electron chi connectivity index (χ2n) is 4.17. The highest BCUT2D eigenvalue weighted by molar-refractivity contribution is 5.36. The summed E-state index contributed by atoms with van der Waals surface area (Å²) in [6.07, 6.45) is 1.98. The zero-order chi connectivity index (χ0) is 12.9. The van der Waals surface area contributed by atoms with E-state index in [0.717, 1.165) is 12.8 Å². The first kappa shape index (κ1) is 13.5.